The molecule has 122 valence electrons. The summed E-state index contributed by atoms with van der Waals surface area (Å²) in [5.74, 6) is 1.09. The molecule has 1 unspecified atom stereocenters. The van der Waals surface area contributed by atoms with Crippen LogP contribution < -0.4 is 0 Å². The number of hydrogen-bond acceptors (Lipinski definition) is 4. The van der Waals surface area contributed by atoms with Crippen LogP contribution >= 0.6 is 11.3 Å². The van der Waals surface area contributed by atoms with Gasteiger partial charge in [0.2, 0.25) is 0 Å². The molecule has 1 aromatic carbocycles. The fourth-order valence-corrected chi connectivity index (χ4v) is 4.56. The first-order valence-electron chi connectivity index (χ1n) is 8.39. The molecular formula is C18H19N5S. The molecule has 1 N–H and O–H groups in total. The van der Waals surface area contributed by atoms with Crippen LogP contribution in [-0.2, 0) is 6.54 Å². The minimum absolute atomic E-state index is 0.362. The van der Waals surface area contributed by atoms with E-state index in [0.29, 0.717) is 6.04 Å². The zero-order valence-corrected chi connectivity index (χ0v) is 14.4. The Morgan fingerprint density at radius 3 is 3.12 bits per heavy atom. The lowest BCUT2D eigenvalue weighted by Gasteiger charge is -2.22. The van der Waals surface area contributed by atoms with E-state index < -0.39 is 0 Å². The van der Waals surface area contributed by atoms with Crippen LogP contribution in [0.25, 0.3) is 16.0 Å². The summed E-state index contributed by atoms with van der Waals surface area (Å²) < 4.78 is 2.23. The van der Waals surface area contributed by atoms with Crippen molar-refractivity contribution in [3.63, 3.8) is 0 Å². The topological polar surface area (TPSA) is 49.2 Å². The third kappa shape index (κ3) is 2.17. The molecule has 3 aromatic heterocycles. The van der Waals surface area contributed by atoms with Gasteiger partial charge in [-0.15, -0.1) is 11.3 Å². The van der Waals surface area contributed by atoms with Crippen LogP contribution in [0, 0.1) is 6.92 Å². The molecular weight excluding hydrogens is 318 g/mol. The zero-order chi connectivity index (χ0) is 16.1. The Morgan fingerprint density at radius 2 is 2.21 bits per heavy atom. The number of benzene rings is 1. The maximum atomic E-state index is 4.83. The van der Waals surface area contributed by atoms with Crippen molar-refractivity contribution in [2.75, 3.05) is 6.54 Å². The van der Waals surface area contributed by atoms with E-state index in [0.717, 1.165) is 47.0 Å². The van der Waals surface area contributed by atoms with E-state index in [1.54, 1.807) is 11.3 Å². The molecule has 1 saturated heterocycles. The molecule has 0 spiro atoms. The lowest BCUT2D eigenvalue weighted by molar-refractivity contribution is 0.237. The van der Waals surface area contributed by atoms with Gasteiger partial charge in [-0.1, -0.05) is 12.1 Å². The number of thiazole rings is 1. The number of imidazole rings is 2. The minimum atomic E-state index is 0.362. The van der Waals surface area contributed by atoms with Gasteiger partial charge in [0.15, 0.2) is 4.96 Å². The fourth-order valence-electron chi connectivity index (χ4n) is 3.78. The number of fused-ring (bicyclic) bond motifs is 2. The molecule has 4 heterocycles. The third-order valence-corrected chi connectivity index (χ3v) is 5.76. The number of nitrogens with zero attached hydrogens (tertiary/aromatic N) is 4. The molecule has 0 aliphatic carbocycles. The number of H-pyrrole nitrogens is 1. The van der Waals surface area contributed by atoms with Gasteiger partial charge in [-0.3, -0.25) is 9.30 Å². The van der Waals surface area contributed by atoms with E-state index in [1.807, 2.05) is 6.07 Å². The molecule has 4 aromatic rings. The first-order chi connectivity index (χ1) is 11.8. The molecule has 0 radical (unpaired) electrons. The Balaban J connectivity index is 1.49. The number of aromatic nitrogens is 4. The summed E-state index contributed by atoms with van der Waals surface area (Å²) in [6, 6.07) is 8.63. The molecule has 6 heteroatoms. The summed E-state index contributed by atoms with van der Waals surface area (Å²) in [6.45, 7) is 4.14. The SMILES string of the molecule is Cc1nc2sccn2c1CN1CCCC1c1nc2ccccc2[nH]1. The van der Waals surface area contributed by atoms with Gasteiger partial charge in [-0.2, -0.15) is 0 Å². The van der Waals surface area contributed by atoms with Crippen LogP contribution in [0.5, 0.6) is 0 Å². The van der Waals surface area contributed by atoms with Crippen LogP contribution in [0.15, 0.2) is 35.8 Å². The smallest absolute Gasteiger partial charge is 0.194 e. The molecule has 1 fully saturated rings. The highest BCUT2D eigenvalue weighted by Gasteiger charge is 2.29. The number of aromatic amines is 1. The van der Waals surface area contributed by atoms with Gasteiger partial charge in [0, 0.05) is 18.1 Å². The van der Waals surface area contributed by atoms with Crippen LogP contribution in [0.3, 0.4) is 0 Å². The molecule has 5 nitrogen and oxygen atoms in total. The van der Waals surface area contributed by atoms with Gasteiger partial charge >= 0.3 is 0 Å². The molecule has 5 rings (SSSR count). The predicted octanol–water partition coefficient (Wildman–Crippen LogP) is 3.92. The van der Waals surface area contributed by atoms with Gasteiger partial charge in [-0.05, 0) is 38.4 Å². The number of rotatable bonds is 3. The minimum Gasteiger partial charge on any atom is -0.341 e. The molecule has 1 aliphatic heterocycles. The largest absolute Gasteiger partial charge is 0.341 e. The Kier molecular flexibility index (Phi) is 3.21. The summed E-state index contributed by atoms with van der Waals surface area (Å²) in [4.78, 5) is 16.6. The molecule has 0 saturated carbocycles. The van der Waals surface area contributed by atoms with E-state index in [-0.39, 0.29) is 0 Å². The predicted molar refractivity (Wildman–Crippen MR) is 96.3 cm³/mol. The highest BCUT2D eigenvalue weighted by Crippen LogP contribution is 2.33. The first-order valence-corrected chi connectivity index (χ1v) is 9.27. The zero-order valence-electron chi connectivity index (χ0n) is 13.6. The lowest BCUT2D eigenvalue weighted by Crippen LogP contribution is -2.24. The average Bonchev–Trinajstić information content (AvgIpc) is 3.33. The highest BCUT2D eigenvalue weighted by molar-refractivity contribution is 7.15. The van der Waals surface area contributed by atoms with E-state index >= 15 is 0 Å². The van der Waals surface area contributed by atoms with Crippen molar-refractivity contribution in [3.05, 3.63) is 53.1 Å². The van der Waals surface area contributed by atoms with Crippen molar-refractivity contribution in [2.45, 2.75) is 32.4 Å². The van der Waals surface area contributed by atoms with Crippen molar-refractivity contribution in [2.24, 2.45) is 0 Å². The summed E-state index contributed by atoms with van der Waals surface area (Å²) >= 11 is 1.70. The van der Waals surface area contributed by atoms with Gasteiger partial charge < -0.3 is 4.98 Å². The van der Waals surface area contributed by atoms with Gasteiger partial charge in [0.05, 0.1) is 28.5 Å². The van der Waals surface area contributed by atoms with Gasteiger partial charge in [0.25, 0.3) is 0 Å². The summed E-state index contributed by atoms with van der Waals surface area (Å²) in [5, 5.41) is 2.10. The summed E-state index contributed by atoms with van der Waals surface area (Å²) in [5.41, 5.74) is 4.62. The number of likely N-dealkylation sites (tertiary alicyclic amines) is 1. The van der Waals surface area contributed by atoms with Crippen LogP contribution in [-0.4, -0.2) is 30.8 Å². The molecule has 1 aliphatic rings. The van der Waals surface area contributed by atoms with Crippen molar-refractivity contribution in [1.29, 1.82) is 0 Å². The second-order valence-corrected chi connectivity index (χ2v) is 7.34. The molecule has 24 heavy (non-hydrogen) atoms. The third-order valence-electron chi connectivity index (χ3n) is 5.00. The number of para-hydroxylation sites is 2. The normalized spacial score (nSPS) is 19.0. The van der Waals surface area contributed by atoms with Crippen LogP contribution in [0.2, 0.25) is 0 Å². The first kappa shape index (κ1) is 14.2. The van der Waals surface area contributed by atoms with E-state index in [4.69, 9.17) is 4.98 Å². The van der Waals surface area contributed by atoms with Crippen molar-refractivity contribution in [3.8, 4) is 0 Å². The van der Waals surface area contributed by atoms with Gasteiger partial charge in [0.1, 0.15) is 5.82 Å². The Morgan fingerprint density at radius 1 is 1.29 bits per heavy atom. The fraction of sp³-hybridized carbons (Fsp3) is 0.333. The summed E-state index contributed by atoms with van der Waals surface area (Å²) in [7, 11) is 0. The molecule has 0 amide bonds. The number of aryl methyl sites for hydroxylation is 1. The Labute approximate surface area is 144 Å². The Bertz CT molecular complexity index is 978. The monoisotopic (exact) mass is 337 g/mol. The number of nitrogens with one attached hydrogen (secondary N) is 1. The van der Waals surface area contributed by atoms with Crippen LogP contribution in [0.4, 0.5) is 0 Å². The van der Waals surface area contributed by atoms with Gasteiger partial charge in [-0.25, -0.2) is 9.97 Å². The quantitative estimate of drug-likeness (QED) is 0.616. The standard InChI is InChI=1S/C18H19N5S/c1-12-16(23-9-10-24-18(23)19-12)11-22-8-4-7-15(22)17-20-13-5-2-3-6-14(13)21-17/h2-3,5-6,9-10,15H,4,7-8,11H2,1H3,(H,20,21). The van der Waals surface area contributed by atoms with Crippen molar-refractivity contribution in [1.82, 2.24) is 24.3 Å². The molecule has 0 bridgehead atoms. The second kappa shape index (κ2) is 5.43. The average molecular weight is 337 g/mol. The van der Waals surface area contributed by atoms with Crippen molar-refractivity contribution >= 4 is 27.3 Å². The summed E-state index contributed by atoms with van der Waals surface area (Å²) in [6.07, 6.45) is 4.50. The van der Waals surface area contributed by atoms with E-state index in [2.05, 4.69) is 56.0 Å². The lowest BCUT2D eigenvalue weighted by atomic mass is 10.2. The number of hydrogen-bond donors (Lipinski definition) is 1. The maximum absolute atomic E-state index is 4.83. The van der Waals surface area contributed by atoms with Crippen LogP contribution in [0.1, 0.15) is 36.1 Å². The molecule has 1 atom stereocenters. The Hall–Kier alpha value is -2.18. The second-order valence-electron chi connectivity index (χ2n) is 6.47. The van der Waals surface area contributed by atoms with E-state index in [1.165, 1.54) is 12.1 Å². The highest BCUT2D eigenvalue weighted by atomic mass is 32.1. The maximum Gasteiger partial charge on any atom is 0.194 e. The van der Waals surface area contributed by atoms with E-state index in [9.17, 15) is 0 Å². The van der Waals surface area contributed by atoms with Crippen molar-refractivity contribution < 1.29 is 0 Å².